The molecule has 0 radical (unpaired) electrons. The summed E-state index contributed by atoms with van der Waals surface area (Å²) < 4.78 is 5.14. The number of ether oxygens (including phenoxy) is 1. The average molecular weight is 270 g/mol. The largest absolute Gasteiger partial charge is 0.462 e. The van der Waals surface area contributed by atoms with E-state index in [-0.39, 0.29) is 5.97 Å². The number of rotatable bonds is 3. The minimum Gasteiger partial charge on any atom is -0.462 e. The van der Waals surface area contributed by atoms with Crippen LogP contribution in [0.5, 0.6) is 0 Å². The van der Waals surface area contributed by atoms with Gasteiger partial charge in [-0.25, -0.2) is 4.79 Å². The van der Waals surface area contributed by atoms with E-state index in [4.69, 9.17) is 4.74 Å². The second kappa shape index (κ2) is 5.66. The molecule has 0 saturated heterocycles. The van der Waals surface area contributed by atoms with Crippen LogP contribution in [0.15, 0.2) is 24.3 Å². The molecule has 0 unspecified atom stereocenters. The number of carbonyl (C=O) groups is 1. The predicted octanol–water partition coefficient (Wildman–Crippen LogP) is 4.71. The highest BCUT2D eigenvalue weighted by Crippen LogP contribution is 2.35. The third-order valence-electron chi connectivity index (χ3n) is 3.81. The van der Waals surface area contributed by atoms with Crippen LogP contribution >= 0.6 is 0 Å². The molecule has 2 aliphatic rings. The Kier molecular flexibility index (Phi) is 4.12. The van der Waals surface area contributed by atoms with Crippen molar-refractivity contribution in [3.8, 4) is 11.1 Å². The number of aryl methyl sites for hydroxylation is 1. The molecule has 2 aliphatic carbocycles. The molecule has 2 nitrogen and oxygen atoms in total. The van der Waals surface area contributed by atoms with E-state index in [0.29, 0.717) is 18.1 Å². The molecular weight excluding hydrogens is 248 g/mol. The lowest BCUT2D eigenvalue weighted by Gasteiger charge is -2.04. The van der Waals surface area contributed by atoms with E-state index < -0.39 is 0 Å². The smallest absolute Gasteiger partial charge is 0.338 e. The van der Waals surface area contributed by atoms with E-state index in [1.807, 2.05) is 19.9 Å². The predicted molar refractivity (Wildman–Crippen MR) is 82.6 cm³/mol. The van der Waals surface area contributed by atoms with Gasteiger partial charge in [0.25, 0.3) is 0 Å². The van der Waals surface area contributed by atoms with Gasteiger partial charge in [-0.05, 0) is 60.6 Å². The lowest BCUT2D eigenvalue weighted by atomic mass is 10.0. The molecule has 0 atom stereocenters. The minimum atomic E-state index is -0.227. The van der Waals surface area contributed by atoms with Crippen molar-refractivity contribution in [3.63, 3.8) is 0 Å². The Morgan fingerprint density at radius 3 is 2.45 bits per heavy atom. The fourth-order valence-electron chi connectivity index (χ4n) is 2.50. The van der Waals surface area contributed by atoms with Gasteiger partial charge in [-0.1, -0.05) is 32.0 Å². The number of esters is 1. The van der Waals surface area contributed by atoms with Gasteiger partial charge in [-0.2, -0.15) is 0 Å². The first-order valence-electron chi connectivity index (χ1n) is 7.16. The lowest BCUT2D eigenvalue weighted by molar-refractivity contribution is 0.0526. The first kappa shape index (κ1) is 14.6. The maximum Gasteiger partial charge on any atom is 0.338 e. The van der Waals surface area contributed by atoms with Gasteiger partial charge >= 0.3 is 5.97 Å². The summed E-state index contributed by atoms with van der Waals surface area (Å²) in [6.45, 7) is 10.7. The van der Waals surface area contributed by atoms with Crippen molar-refractivity contribution < 1.29 is 9.53 Å². The molecule has 0 aromatic carbocycles. The molecular formula is C18H22O2. The van der Waals surface area contributed by atoms with Crippen LogP contribution in [-0.4, -0.2) is 12.6 Å². The van der Waals surface area contributed by atoms with Crippen LogP contribution in [0.1, 0.15) is 53.7 Å². The zero-order valence-electron chi connectivity index (χ0n) is 12.9. The van der Waals surface area contributed by atoms with E-state index in [9.17, 15) is 4.79 Å². The monoisotopic (exact) mass is 270 g/mol. The molecule has 0 fully saturated rings. The van der Waals surface area contributed by atoms with Gasteiger partial charge in [0, 0.05) is 0 Å². The van der Waals surface area contributed by atoms with Crippen LogP contribution in [-0.2, 0) is 4.74 Å². The van der Waals surface area contributed by atoms with Crippen molar-refractivity contribution in [2.24, 2.45) is 0 Å². The fraction of sp³-hybridized carbons (Fsp3) is 0.389. The summed E-state index contributed by atoms with van der Waals surface area (Å²) >= 11 is 0. The molecule has 0 amide bonds. The summed E-state index contributed by atoms with van der Waals surface area (Å²) in [6.07, 6.45) is 0. The summed E-state index contributed by atoms with van der Waals surface area (Å²) in [4.78, 5) is 12.0. The van der Waals surface area contributed by atoms with Crippen molar-refractivity contribution in [2.75, 3.05) is 6.61 Å². The molecule has 0 saturated carbocycles. The molecule has 0 heterocycles. The van der Waals surface area contributed by atoms with E-state index in [1.165, 1.54) is 11.1 Å². The van der Waals surface area contributed by atoms with Crippen LogP contribution in [0, 0.1) is 13.8 Å². The maximum absolute atomic E-state index is 12.0. The summed E-state index contributed by atoms with van der Waals surface area (Å²) in [5, 5.41) is 0. The van der Waals surface area contributed by atoms with Crippen LogP contribution in [0.3, 0.4) is 0 Å². The van der Waals surface area contributed by atoms with Gasteiger partial charge in [0.15, 0.2) is 0 Å². The Hall–Kier alpha value is -1.83. The van der Waals surface area contributed by atoms with Gasteiger partial charge in [0.05, 0.1) is 12.2 Å². The van der Waals surface area contributed by atoms with Crippen molar-refractivity contribution >= 4 is 5.97 Å². The van der Waals surface area contributed by atoms with Gasteiger partial charge in [0.2, 0.25) is 0 Å². The van der Waals surface area contributed by atoms with Crippen molar-refractivity contribution in [2.45, 2.75) is 40.5 Å². The molecule has 20 heavy (non-hydrogen) atoms. The highest BCUT2D eigenvalue weighted by atomic mass is 16.5. The maximum atomic E-state index is 12.0. The Labute approximate surface area is 121 Å². The molecule has 0 aliphatic heterocycles. The minimum absolute atomic E-state index is 0.227. The zero-order chi connectivity index (χ0) is 14.9. The molecule has 0 N–H and O–H groups in total. The normalized spacial score (nSPS) is 11.1. The molecule has 0 aromatic heterocycles. The second-order valence-electron chi connectivity index (χ2n) is 5.55. The SMILES string of the molecule is CCOC(=O)c1cc2c(C)ccc(C(C)C)cc-2c1C. The van der Waals surface area contributed by atoms with Crippen LogP contribution < -0.4 is 0 Å². The van der Waals surface area contributed by atoms with Crippen LogP contribution in [0.25, 0.3) is 11.1 Å². The number of hydrogen-bond acceptors (Lipinski definition) is 2. The highest BCUT2D eigenvalue weighted by molar-refractivity contribution is 5.97. The van der Waals surface area contributed by atoms with Gasteiger partial charge in [0.1, 0.15) is 0 Å². The van der Waals surface area contributed by atoms with Crippen molar-refractivity contribution in [1.29, 1.82) is 0 Å². The first-order valence-corrected chi connectivity index (χ1v) is 7.16. The van der Waals surface area contributed by atoms with Gasteiger partial charge in [-0.15, -0.1) is 0 Å². The fourth-order valence-corrected chi connectivity index (χ4v) is 2.50. The Morgan fingerprint density at radius 2 is 1.85 bits per heavy atom. The molecule has 0 aromatic rings. The summed E-state index contributed by atoms with van der Waals surface area (Å²) in [6, 6.07) is 8.46. The Balaban J connectivity index is 2.66. The van der Waals surface area contributed by atoms with Crippen LogP contribution in [0.4, 0.5) is 0 Å². The third kappa shape index (κ3) is 2.55. The summed E-state index contributed by atoms with van der Waals surface area (Å²) in [7, 11) is 0. The lowest BCUT2D eigenvalue weighted by Crippen LogP contribution is -2.04. The standard InChI is InChI=1S/C18H22O2/c1-6-20-18(19)17-10-15-12(4)7-8-14(11(2)3)9-16(15)13(17)5/h7-11H,6H2,1-5H3. The van der Waals surface area contributed by atoms with Crippen molar-refractivity contribution in [1.82, 2.24) is 0 Å². The van der Waals surface area contributed by atoms with Crippen LogP contribution in [0.2, 0.25) is 0 Å². The van der Waals surface area contributed by atoms with E-state index >= 15 is 0 Å². The summed E-state index contributed by atoms with van der Waals surface area (Å²) in [5.74, 6) is 0.236. The van der Waals surface area contributed by atoms with Crippen molar-refractivity contribution in [3.05, 3.63) is 46.5 Å². The zero-order valence-corrected chi connectivity index (χ0v) is 12.9. The van der Waals surface area contributed by atoms with Gasteiger partial charge < -0.3 is 4.74 Å². The Morgan fingerprint density at radius 1 is 1.15 bits per heavy atom. The average Bonchev–Trinajstić information content (AvgIpc) is 2.61. The highest BCUT2D eigenvalue weighted by Gasteiger charge is 2.20. The molecule has 106 valence electrons. The topological polar surface area (TPSA) is 26.3 Å². The quantitative estimate of drug-likeness (QED) is 0.755. The van der Waals surface area contributed by atoms with E-state index in [2.05, 4.69) is 39.0 Å². The third-order valence-corrected chi connectivity index (χ3v) is 3.81. The van der Waals surface area contributed by atoms with Gasteiger partial charge in [-0.3, -0.25) is 0 Å². The number of hydrogen-bond donors (Lipinski definition) is 0. The number of fused-ring (bicyclic) bond motifs is 1. The molecule has 0 spiro atoms. The summed E-state index contributed by atoms with van der Waals surface area (Å²) in [5.41, 5.74) is 6.46. The molecule has 2 heteroatoms. The molecule has 2 rings (SSSR count). The Bertz CT molecular complexity index is 611. The number of carbonyl (C=O) groups excluding carboxylic acids is 1. The first-order chi connectivity index (χ1) is 9.45. The molecule has 0 bridgehead atoms. The van der Waals surface area contributed by atoms with E-state index in [1.54, 1.807) is 0 Å². The second-order valence-corrected chi connectivity index (χ2v) is 5.55. The van der Waals surface area contributed by atoms with E-state index in [0.717, 1.165) is 16.7 Å².